The number of thiocarbonyl (C=S) groups is 1. The summed E-state index contributed by atoms with van der Waals surface area (Å²) in [5.41, 5.74) is 5.96. The van der Waals surface area contributed by atoms with Crippen molar-refractivity contribution in [3.8, 4) is 0 Å². The van der Waals surface area contributed by atoms with Crippen molar-refractivity contribution in [1.29, 1.82) is 0 Å². The van der Waals surface area contributed by atoms with Gasteiger partial charge in [-0.3, -0.25) is 4.79 Å². The molecule has 0 spiro atoms. The maximum Gasteiger partial charge on any atom is 0.252 e. The number of halogens is 2. The molecule has 20 heavy (non-hydrogen) atoms. The van der Waals surface area contributed by atoms with Crippen LogP contribution in [0, 0.1) is 0 Å². The second-order valence-electron chi connectivity index (χ2n) is 5.13. The van der Waals surface area contributed by atoms with Gasteiger partial charge in [-0.05, 0) is 37.8 Å². The Labute approximate surface area is 134 Å². The van der Waals surface area contributed by atoms with E-state index in [1.165, 1.54) is 0 Å². The lowest BCUT2D eigenvalue weighted by molar-refractivity contribution is -0.122. The van der Waals surface area contributed by atoms with Gasteiger partial charge in [-0.1, -0.05) is 35.4 Å². The van der Waals surface area contributed by atoms with Crippen LogP contribution in [0.3, 0.4) is 0 Å². The molecule has 1 aromatic rings. The number of carbonyl (C=O) groups is 1. The van der Waals surface area contributed by atoms with E-state index in [1.807, 2.05) is 19.6 Å². The van der Waals surface area contributed by atoms with E-state index in [2.05, 4.69) is 5.32 Å². The van der Waals surface area contributed by atoms with E-state index in [1.54, 1.807) is 18.2 Å². The average Bonchev–Trinajstić information content (AvgIpc) is 2.29. The monoisotopic (exact) mass is 350 g/mol. The van der Waals surface area contributed by atoms with E-state index in [9.17, 15) is 4.79 Å². The molecule has 110 valence electrons. The van der Waals surface area contributed by atoms with Crippen LogP contribution in [0.4, 0.5) is 5.69 Å². The van der Waals surface area contributed by atoms with Crippen LogP contribution in [0.15, 0.2) is 18.2 Å². The molecule has 0 aliphatic rings. The number of rotatable bonds is 5. The quantitative estimate of drug-likeness (QED) is 0.630. The lowest BCUT2D eigenvalue weighted by Gasteiger charge is -2.25. The normalized spacial score (nSPS) is 12.8. The molecule has 3 N–H and O–H groups in total. The minimum Gasteiger partial charge on any atom is -0.401 e. The van der Waals surface area contributed by atoms with E-state index in [-0.39, 0.29) is 4.99 Å². The number of amides is 1. The molecule has 0 bridgehead atoms. The number of benzene rings is 1. The first-order chi connectivity index (χ1) is 9.10. The summed E-state index contributed by atoms with van der Waals surface area (Å²) < 4.78 is 5.69. The first-order valence-electron chi connectivity index (χ1n) is 5.83. The van der Waals surface area contributed by atoms with Crippen LogP contribution in [0.25, 0.3) is 0 Å². The standard InChI is InChI=1S/C12H16Cl2N2O2SSi/c1-20(2,3)18-10(11(15)17)12(19)16-7-4-5-8(13)9(14)6-7/h4-6,10H,1-3H3,(H2,15,17)(H,16,19). The summed E-state index contributed by atoms with van der Waals surface area (Å²) in [5, 5.41) is 3.73. The maximum atomic E-state index is 11.5. The van der Waals surface area contributed by atoms with Crippen molar-refractivity contribution in [2.75, 3.05) is 5.32 Å². The highest BCUT2D eigenvalue weighted by Crippen LogP contribution is 2.25. The Morgan fingerprint density at radius 2 is 1.95 bits per heavy atom. The fourth-order valence-corrected chi connectivity index (χ4v) is 2.98. The average molecular weight is 351 g/mol. The predicted molar refractivity (Wildman–Crippen MR) is 90.1 cm³/mol. The summed E-state index contributed by atoms with van der Waals surface area (Å²) in [7, 11) is -1.96. The minimum atomic E-state index is -1.96. The molecule has 8 heteroatoms. The summed E-state index contributed by atoms with van der Waals surface area (Å²) in [4.78, 5) is 11.7. The maximum absolute atomic E-state index is 11.5. The Kier molecular flexibility index (Phi) is 5.97. The number of hydrogen-bond acceptors (Lipinski definition) is 3. The fourth-order valence-electron chi connectivity index (χ4n) is 1.38. The smallest absolute Gasteiger partial charge is 0.252 e. The number of nitrogens with two attached hydrogens (primary N) is 1. The zero-order valence-corrected chi connectivity index (χ0v) is 14.7. The Morgan fingerprint density at radius 1 is 1.35 bits per heavy atom. The first-order valence-corrected chi connectivity index (χ1v) is 10.4. The molecule has 0 heterocycles. The summed E-state index contributed by atoms with van der Waals surface area (Å²) in [6, 6.07) is 4.95. The lowest BCUT2D eigenvalue weighted by atomic mass is 10.3. The second kappa shape index (κ2) is 6.86. The van der Waals surface area contributed by atoms with Crippen LogP contribution in [0.2, 0.25) is 29.7 Å². The third-order valence-corrected chi connectivity index (χ3v) is 4.15. The molecule has 0 aliphatic heterocycles. The fraction of sp³-hybridized carbons (Fsp3) is 0.333. The van der Waals surface area contributed by atoms with Crippen LogP contribution in [0.5, 0.6) is 0 Å². The van der Waals surface area contributed by atoms with Crippen LogP contribution in [-0.4, -0.2) is 25.3 Å². The topological polar surface area (TPSA) is 64.3 Å². The molecule has 1 aromatic carbocycles. The Hall–Kier alpha value is -0.663. The predicted octanol–water partition coefficient (Wildman–Crippen LogP) is 3.44. The summed E-state index contributed by atoms with van der Waals surface area (Å²) in [6.07, 6.45) is -0.953. The number of primary amides is 1. The zero-order chi connectivity index (χ0) is 15.5. The van der Waals surface area contributed by atoms with Crippen LogP contribution in [-0.2, 0) is 9.22 Å². The van der Waals surface area contributed by atoms with E-state index >= 15 is 0 Å². The van der Waals surface area contributed by atoms with Gasteiger partial charge in [0.15, 0.2) is 14.4 Å². The van der Waals surface area contributed by atoms with Crippen molar-refractivity contribution >= 4 is 60.3 Å². The lowest BCUT2D eigenvalue weighted by Crippen LogP contribution is -2.46. The molecule has 1 rings (SSSR count). The van der Waals surface area contributed by atoms with E-state index in [0.717, 1.165) is 0 Å². The van der Waals surface area contributed by atoms with Crippen LogP contribution in [0.1, 0.15) is 0 Å². The second-order valence-corrected chi connectivity index (χ2v) is 10.8. The van der Waals surface area contributed by atoms with Gasteiger partial charge in [0.1, 0.15) is 4.99 Å². The summed E-state index contributed by atoms with van der Waals surface area (Å²) in [5.74, 6) is -0.620. The van der Waals surface area contributed by atoms with E-state index in [4.69, 9.17) is 45.6 Å². The number of anilines is 1. The third-order valence-electron chi connectivity index (χ3n) is 2.16. The van der Waals surface area contributed by atoms with Gasteiger partial charge in [0.05, 0.1) is 10.0 Å². The number of nitrogens with one attached hydrogen (secondary N) is 1. The molecular weight excluding hydrogens is 335 g/mol. The molecule has 4 nitrogen and oxygen atoms in total. The van der Waals surface area contributed by atoms with Crippen molar-refractivity contribution in [2.24, 2.45) is 5.73 Å². The molecule has 1 unspecified atom stereocenters. The van der Waals surface area contributed by atoms with Crippen molar-refractivity contribution < 1.29 is 9.22 Å². The largest absolute Gasteiger partial charge is 0.401 e. The van der Waals surface area contributed by atoms with Gasteiger partial charge in [-0.2, -0.15) is 0 Å². The minimum absolute atomic E-state index is 0.207. The zero-order valence-electron chi connectivity index (χ0n) is 11.4. The Bertz CT molecular complexity index is 535. The van der Waals surface area contributed by atoms with Crippen molar-refractivity contribution in [3.63, 3.8) is 0 Å². The highest BCUT2D eigenvalue weighted by molar-refractivity contribution is 7.80. The van der Waals surface area contributed by atoms with Gasteiger partial charge in [0.2, 0.25) is 0 Å². The van der Waals surface area contributed by atoms with Crippen molar-refractivity contribution in [3.05, 3.63) is 28.2 Å². The van der Waals surface area contributed by atoms with Gasteiger partial charge in [0.25, 0.3) is 5.91 Å². The highest BCUT2D eigenvalue weighted by atomic mass is 35.5. The van der Waals surface area contributed by atoms with Gasteiger partial charge in [0, 0.05) is 5.69 Å². The van der Waals surface area contributed by atoms with Gasteiger partial charge in [-0.25, -0.2) is 0 Å². The number of hydrogen-bond donors (Lipinski definition) is 2. The molecule has 0 aromatic heterocycles. The highest BCUT2D eigenvalue weighted by Gasteiger charge is 2.28. The molecule has 1 atom stereocenters. The van der Waals surface area contributed by atoms with Gasteiger partial charge < -0.3 is 15.5 Å². The summed E-state index contributed by atoms with van der Waals surface area (Å²) >= 11 is 16.9. The van der Waals surface area contributed by atoms with Crippen LogP contribution < -0.4 is 11.1 Å². The SMILES string of the molecule is C[Si](C)(C)OC(C(N)=O)C(=S)Nc1ccc(Cl)c(Cl)c1. The molecule has 0 radical (unpaired) electrons. The molecule has 0 fully saturated rings. The third kappa shape index (κ3) is 5.38. The molecule has 0 saturated carbocycles. The summed E-state index contributed by atoms with van der Waals surface area (Å²) in [6.45, 7) is 5.85. The first kappa shape index (κ1) is 17.4. The van der Waals surface area contributed by atoms with Crippen LogP contribution >= 0.6 is 35.4 Å². The van der Waals surface area contributed by atoms with E-state index < -0.39 is 20.3 Å². The molecule has 0 aliphatic carbocycles. The van der Waals surface area contributed by atoms with Gasteiger partial charge in [-0.15, -0.1) is 0 Å². The van der Waals surface area contributed by atoms with E-state index in [0.29, 0.717) is 15.7 Å². The molecule has 1 amide bonds. The Morgan fingerprint density at radius 3 is 2.40 bits per heavy atom. The number of carbonyl (C=O) groups excluding carboxylic acids is 1. The molecular formula is C12H16Cl2N2O2SSi. The van der Waals surface area contributed by atoms with Crippen molar-refractivity contribution in [2.45, 2.75) is 25.7 Å². The Balaban J connectivity index is 2.86. The van der Waals surface area contributed by atoms with Crippen molar-refractivity contribution in [1.82, 2.24) is 0 Å². The van der Waals surface area contributed by atoms with Gasteiger partial charge >= 0.3 is 0 Å². The molecule has 0 saturated heterocycles.